The van der Waals surface area contributed by atoms with Gasteiger partial charge in [-0.3, -0.25) is 0 Å². The molecule has 3 aromatic rings. The quantitative estimate of drug-likeness (QED) is 0.744. The van der Waals surface area contributed by atoms with Crippen LogP contribution in [0.15, 0.2) is 47.4 Å². The van der Waals surface area contributed by atoms with Gasteiger partial charge in [-0.2, -0.15) is 5.10 Å². The maximum absolute atomic E-state index is 13.6. The van der Waals surface area contributed by atoms with E-state index in [4.69, 9.17) is 5.14 Å². The number of alkyl halides is 2. The van der Waals surface area contributed by atoms with Gasteiger partial charge in [0, 0.05) is 11.1 Å². The first kappa shape index (κ1) is 17.8. The molecule has 0 fully saturated rings. The third kappa shape index (κ3) is 3.04. The van der Waals surface area contributed by atoms with E-state index in [1.165, 1.54) is 28.9 Å². The van der Waals surface area contributed by atoms with Crippen LogP contribution in [-0.4, -0.2) is 18.2 Å². The van der Waals surface area contributed by atoms with Gasteiger partial charge in [0.1, 0.15) is 5.69 Å². The van der Waals surface area contributed by atoms with Crippen LogP contribution in [0.3, 0.4) is 0 Å². The molecule has 0 bridgehead atoms. The normalized spacial score (nSPS) is 13.5. The molecule has 2 N–H and O–H groups in total. The van der Waals surface area contributed by atoms with Gasteiger partial charge in [-0.05, 0) is 49.6 Å². The Kier molecular flexibility index (Phi) is 4.12. The minimum Gasteiger partial charge on any atom is -0.232 e. The van der Waals surface area contributed by atoms with E-state index in [0.29, 0.717) is 29.8 Å². The smallest absolute Gasteiger partial charge is 0.232 e. The second-order valence-electron chi connectivity index (χ2n) is 6.62. The van der Waals surface area contributed by atoms with Gasteiger partial charge in [0.15, 0.2) is 0 Å². The molecule has 1 aromatic heterocycles. The molecule has 0 amide bonds. The molecular formula is C19H17F2N3O2S. The Hall–Kier alpha value is -2.58. The molecule has 0 atom stereocenters. The molecule has 140 valence electrons. The number of aromatic nitrogens is 2. The SMILES string of the molecule is Cc1ccc2c(c1)CCc1c(C(F)F)nn(-c3ccc(S(N)(=O)=O)cc3)c1-2. The second-order valence-corrected chi connectivity index (χ2v) is 8.19. The number of sulfonamides is 1. The minimum atomic E-state index is -3.83. The first-order valence-corrected chi connectivity index (χ1v) is 9.93. The monoisotopic (exact) mass is 389 g/mol. The standard InChI is InChI=1S/C19H17F2N3O2S/c1-11-2-8-15-12(10-11)3-9-16-17(19(20)21)23-24(18(15)16)13-4-6-14(7-5-13)27(22,25)26/h2,4-8,10,19H,3,9H2,1H3,(H2,22,25,26). The summed E-state index contributed by atoms with van der Waals surface area (Å²) in [6.07, 6.45) is -1.52. The maximum Gasteiger partial charge on any atom is 0.282 e. The van der Waals surface area contributed by atoms with Crippen LogP contribution in [-0.2, 0) is 22.9 Å². The van der Waals surface area contributed by atoms with Crippen molar-refractivity contribution in [3.8, 4) is 16.9 Å². The molecule has 1 heterocycles. The number of fused-ring (bicyclic) bond motifs is 3. The minimum absolute atomic E-state index is 0.0441. The summed E-state index contributed by atoms with van der Waals surface area (Å²) >= 11 is 0. The fourth-order valence-electron chi connectivity index (χ4n) is 3.55. The molecule has 8 heteroatoms. The number of halogens is 2. The lowest BCUT2D eigenvalue weighted by atomic mass is 9.88. The molecule has 0 spiro atoms. The topological polar surface area (TPSA) is 78.0 Å². The van der Waals surface area contributed by atoms with E-state index in [0.717, 1.165) is 16.7 Å². The molecule has 0 aliphatic heterocycles. The summed E-state index contributed by atoms with van der Waals surface area (Å²) in [7, 11) is -3.83. The Morgan fingerprint density at radius 1 is 1.11 bits per heavy atom. The molecular weight excluding hydrogens is 372 g/mol. The second kappa shape index (κ2) is 6.24. The summed E-state index contributed by atoms with van der Waals surface area (Å²) in [4.78, 5) is -0.0441. The van der Waals surface area contributed by atoms with Crippen LogP contribution >= 0.6 is 0 Å². The van der Waals surface area contributed by atoms with Crippen LogP contribution in [0.1, 0.15) is 28.8 Å². The number of rotatable bonds is 3. The highest BCUT2D eigenvalue weighted by molar-refractivity contribution is 7.89. The van der Waals surface area contributed by atoms with E-state index in [9.17, 15) is 17.2 Å². The van der Waals surface area contributed by atoms with Crippen LogP contribution in [0, 0.1) is 6.92 Å². The van der Waals surface area contributed by atoms with Crippen molar-refractivity contribution in [3.63, 3.8) is 0 Å². The Morgan fingerprint density at radius 3 is 2.44 bits per heavy atom. The van der Waals surface area contributed by atoms with Crippen LogP contribution in [0.5, 0.6) is 0 Å². The third-order valence-electron chi connectivity index (χ3n) is 4.79. The van der Waals surface area contributed by atoms with E-state index < -0.39 is 16.4 Å². The van der Waals surface area contributed by atoms with Gasteiger partial charge >= 0.3 is 0 Å². The molecule has 0 saturated carbocycles. The molecule has 1 aliphatic carbocycles. The zero-order valence-corrected chi connectivity index (χ0v) is 15.3. The number of primary sulfonamides is 1. The third-order valence-corrected chi connectivity index (χ3v) is 5.72. The van der Waals surface area contributed by atoms with Crippen LogP contribution in [0.4, 0.5) is 8.78 Å². The number of nitrogens with two attached hydrogens (primary N) is 1. The Labute approximate surface area is 155 Å². The highest BCUT2D eigenvalue weighted by Crippen LogP contribution is 2.39. The predicted molar refractivity (Wildman–Crippen MR) is 97.5 cm³/mol. The average molecular weight is 389 g/mol. The Balaban J connectivity index is 1.94. The van der Waals surface area contributed by atoms with Crippen molar-refractivity contribution in [1.82, 2.24) is 9.78 Å². The van der Waals surface area contributed by atoms with Crippen molar-refractivity contribution in [2.24, 2.45) is 5.14 Å². The molecule has 4 rings (SSSR count). The van der Waals surface area contributed by atoms with Gasteiger partial charge in [0.2, 0.25) is 10.0 Å². The Morgan fingerprint density at radius 2 is 1.81 bits per heavy atom. The summed E-state index contributed by atoms with van der Waals surface area (Å²) in [5, 5.41) is 9.29. The zero-order chi connectivity index (χ0) is 19.3. The van der Waals surface area contributed by atoms with Crippen molar-refractivity contribution in [1.29, 1.82) is 0 Å². The summed E-state index contributed by atoms with van der Waals surface area (Å²) in [6, 6.07) is 11.7. The highest BCUT2D eigenvalue weighted by Gasteiger charge is 2.29. The van der Waals surface area contributed by atoms with E-state index in [-0.39, 0.29) is 10.6 Å². The lowest BCUT2D eigenvalue weighted by Gasteiger charge is -2.19. The van der Waals surface area contributed by atoms with E-state index in [1.54, 1.807) is 0 Å². The molecule has 5 nitrogen and oxygen atoms in total. The van der Waals surface area contributed by atoms with Crippen LogP contribution in [0.25, 0.3) is 16.9 Å². The number of hydrogen-bond acceptors (Lipinski definition) is 3. The lowest BCUT2D eigenvalue weighted by Crippen LogP contribution is -2.12. The number of nitrogens with zero attached hydrogens (tertiary/aromatic N) is 2. The summed E-state index contributed by atoms with van der Waals surface area (Å²) < 4.78 is 51.5. The van der Waals surface area contributed by atoms with Crippen molar-refractivity contribution >= 4 is 10.0 Å². The number of benzene rings is 2. The van der Waals surface area contributed by atoms with Crippen molar-refractivity contribution < 1.29 is 17.2 Å². The first-order valence-electron chi connectivity index (χ1n) is 8.39. The molecule has 27 heavy (non-hydrogen) atoms. The summed E-state index contributed by atoms with van der Waals surface area (Å²) in [6.45, 7) is 1.99. The lowest BCUT2D eigenvalue weighted by molar-refractivity contribution is 0.144. The molecule has 0 unspecified atom stereocenters. The van der Waals surface area contributed by atoms with E-state index in [1.807, 2.05) is 19.1 Å². The molecule has 0 saturated heterocycles. The van der Waals surface area contributed by atoms with Crippen molar-refractivity contribution in [2.45, 2.75) is 31.1 Å². The van der Waals surface area contributed by atoms with Gasteiger partial charge in [0.05, 0.1) is 16.3 Å². The molecule has 2 aromatic carbocycles. The summed E-state index contributed by atoms with van der Waals surface area (Å²) in [5.41, 5.74) is 4.51. The van der Waals surface area contributed by atoms with E-state index in [2.05, 4.69) is 11.2 Å². The van der Waals surface area contributed by atoms with Crippen molar-refractivity contribution in [2.75, 3.05) is 0 Å². The average Bonchev–Trinajstić information content (AvgIpc) is 3.01. The fraction of sp³-hybridized carbons (Fsp3) is 0.211. The molecule has 0 radical (unpaired) electrons. The largest absolute Gasteiger partial charge is 0.282 e. The number of hydrogen-bond donors (Lipinski definition) is 1. The van der Waals surface area contributed by atoms with Gasteiger partial charge in [-0.1, -0.05) is 23.8 Å². The van der Waals surface area contributed by atoms with Crippen LogP contribution in [0.2, 0.25) is 0 Å². The predicted octanol–water partition coefficient (Wildman–Crippen LogP) is 3.53. The highest BCUT2D eigenvalue weighted by atomic mass is 32.2. The van der Waals surface area contributed by atoms with Gasteiger partial charge < -0.3 is 0 Å². The first-order chi connectivity index (χ1) is 12.8. The van der Waals surface area contributed by atoms with Gasteiger partial charge in [0.25, 0.3) is 6.43 Å². The molecule has 1 aliphatic rings. The van der Waals surface area contributed by atoms with Crippen molar-refractivity contribution in [3.05, 3.63) is 64.8 Å². The number of aryl methyl sites for hydroxylation is 2. The van der Waals surface area contributed by atoms with Crippen LogP contribution < -0.4 is 5.14 Å². The zero-order valence-electron chi connectivity index (χ0n) is 14.5. The summed E-state index contributed by atoms with van der Waals surface area (Å²) in [5.74, 6) is 0. The van der Waals surface area contributed by atoms with Gasteiger partial charge in [-0.15, -0.1) is 0 Å². The maximum atomic E-state index is 13.6. The fourth-order valence-corrected chi connectivity index (χ4v) is 4.07. The Bertz CT molecular complexity index is 1140. The van der Waals surface area contributed by atoms with E-state index >= 15 is 0 Å². The van der Waals surface area contributed by atoms with Gasteiger partial charge in [-0.25, -0.2) is 27.0 Å².